The summed E-state index contributed by atoms with van der Waals surface area (Å²) in [5.41, 5.74) is 10.5. The molecule has 2 atom stereocenters. The number of amides is 1. The summed E-state index contributed by atoms with van der Waals surface area (Å²) in [6.45, 7) is 0.753. The van der Waals surface area contributed by atoms with Gasteiger partial charge in [0, 0.05) is 25.5 Å². The number of primary amides is 1. The topological polar surface area (TPSA) is 90.2 Å². The largest absolute Gasteiger partial charge is 0.368 e. The first kappa shape index (κ1) is 13.0. The number of nitrogens with zero attached hydrogens (tertiary/aromatic N) is 3. The van der Waals surface area contributed by atoms with Crippen LogP contribution in [-0.2, 0) is 18.4 Å². The molecule has 6 heteroatoms. The summed E-state index contributed by atoms with van der Waals surface area (Å²) in [6, 6.07) is 0.291. The van der Waals surface area contributed by atoms with Crippen molar-refractivity contribution in [3.63, 3.8) is 0 Å². The van der Waals surface area contributed by atoms with E-state index in [9.17, 15) is 4.79 Å². The molecule has 1 aromatic rings. The van der Waals surface area contributed by atoms with Crippen molar-refractivity contribution in [3.05, 3.63) is 18.2 Å². The van der Waals surface area contributed by atoms with Crippen molar-refractivity contribution in [2.75, 3.05) is 7.05 Å². The molecule has 4 N–H and O–H groups in total. The zero-order valence-corrected chi connectivity index (χ0v) is 11.0. The fourth-order valence-corrected chi connectivity index (χ4v) is 2.55. The smallest absolute Gasteiger partial charge is 0.237 e. The Bertz CT molecular complexity index is 443. The van der Waals surface area contributed by atoms with Crippen LogP contribution in [0.1, 0.15) is 25.1 Å². The van der Waals surface area contributed by atoms with Crippen molar-refractivity contribution in [2.24, 2.45) is 18.5 Å². The number of aromatic nitrogens is 2. The van der Waals surface area contributed by atoms with Gasteiger partial charge in [0.05, 0.1) is 12.1 Å². The highest BCUT2D eigenvalue weighted by molar-refractivity contribution is 5.84. The van der Waals surface area contributed by atoms with E-state index in [0.717, 1.165) is 18.8 Å². The van der Waals surface area contributed by atoms with Gasteiger partial charge in [0.1, 0.15) is 5.82 Å². The maximum atomic E-state index is 11.3. The average Bonchev–Trinajstić information content (AvgIpc) is 2.87. The summed E-state index contributed by atoms with van der Waals surface area (Å²) in [7, 11) is 4.01. The van der Waals surface area contributed by atoms with E-state index < -0.39 is 11.4 Å². The van der Waals surface area contributed by atoms with Crippen LogP contribution in [-0.4, -0.2) is 39.0 Å². The van der Waals surface area contributed by atoms with Gasteiger partial charge in [-0.25, -0.2) is 4.98 Å². The molecule has 100 valence electrons. The molecule has 1 amide bonds. The molecule has 2 rings (SSSR count). The monoisotopic (exact) mass is 251 g/mol. The lowest BCUT2D eigenvalue weighted by molar-refractivity contribution is -0.123. The van der Waals surface area contributed by atoms with Crippen molar-refractivity contribution >= 4 is 5.91 Å². The van der Waals surface area contributed by atoms with Gasteiger partial charge in [-0.05, 0) is 26.3 Å². The molecule has 1 aliphatic carbocycles. The van der Waals surface area contributed by atoms with Crippen LogP contribution in [0.5, 0.6) is 0 Å². The van der Waals surface area contributed by atoms with Crippen molar-refractivity contribution < 1.29 is 4.79 Å². The second kappa shape index (κ2) is 4.70. The van der Waals surface area contributed by atoms with E-state index in [1.165, 1.54) is 0 Å². The standard InChI is InChI=1S/C12H21N5O/c1-16-6-5-15-10(16)8-17(2)9-3-4-12(14,7-9)11(13)18/h5-6,9H,3-4,7-8,14H2,1-2H3,(H2,13,18). The van der Waals surface area contributed by atoms with Crippen LogP contribution in [0.15, 0.2) is 12.4 Å². The molecular formula is C12H21N5O. The first-order valence-corrected chi connectivity index (χ1v) is 6.17. The molecule has 1 fully saturated rings. The fourth-order valence-electron chi connectivity index (χ4n) is 2.55. The van der Waals surface area contributed by atoms with E-state index in [2.05, 4.69) is 9.88 Å². The second-order valence-electron chi connectivity index (χ2n) is 5.29. The highest BCUT2D eigenvalue weighted by Gasteiger charge is 2.41. The highest BCUT2D eigenvalue weighted by Crippen LogP contribution is 2.30. The van der Waals surface area contributed by atoms with Gasteiger partial charge in [0.2, 0.25) is 5.91 Å². The highest BCUT2D eigenvalue weighted by atomic mass is 16.1. The minimum absolute atomic E-state index is 0.291. The lowest BCUT2D eigenvalue weighted by Crippen LogP contribution is -2.50. The van der Waals surface area contributed by atoms with Crippen molar-refractivity contribution in [1.82, 2.24) is 14.5 Å². The summed E-state index contributed by atoms with van der Waals surface area (Å²) >= 11 is 0. The van der Waals surface area contributed by atoms with Crippen molar-refractivity contribution in [1.29, 1.82) is 0 Å². The molecule has 0 aromatic carbocycles. The van der Waals surface area contributed by atoms with Crippen LogP contribution in [0, 0.1) is 0 Å². The Labute approximate surface area is 107 Å². The third-order valence-electron chi connectivity index (χ3n) is 3.95. The molecule has 0 bridgehead atoms. The van der Waals surface area contributed by atoms with Crippen LogP contribution in [0.2, 0.25) is 0 Å². The van der Waals surface area contributed by atoms with Crippen LogP contribution >= 0.6 is 0 Å². The van der Waals surface area contributed by atoms with E-state index in [1.54, 1.807) is 6.20 Å². The van der Waals surface area contributed by atoms with Gasteiger partial charge < -0.3 is 16.0 Å². The fraction of sp³-hybridized carbons (Fsp3) is 0.667. The minimum Gasteiger partial charge on any atom is -0.368 e. The number of rotatable bonds is 4. The minimum atomic E-state index is -0.833. The van der Waals surface area contributed by atoms with Gasteiger partial charge in [-0.15, -0.1) is 0 Å². The first-order chi connectivity index (χ1) is 8.42. The number of carbonyl (C=O) groups is 1. The number of aryl methyl sites for hydroxylation is 1. The van der Waals surface area contributed by atoms with E-state index in [0.29, 0.717) is 18.9 Å². The predicted octanol–water partition coefficient (Wildman–Crippen LogP) is -0.413. The average molecular weight is 251 g/mol. The Balaban J connectivity index is 1.98. The van der Waals surface area contributed by atoms with Crippen molar-refractivity contribution in [2.45, 2.75) is 37.4 Å². The summed E-state index contributed by atoms with van der Waals surface area (Å²) < 4.78 is 2.00. The zero-order valence-electron chi connectivity index (χ0n) is 11.0. The number of carbonyl (C=O) groups excluding carboxylic acids is 1. The van der Waals surface area contributed by atoms with Crippen LogP contribution < -0.4 is 11.5 Å². The van der Waals surface area contributed by atoms with Gasteiger partial charge in [-0.1, -0.05) is 0 Å². The van der Waals surface area contributed by atoms with Crippen molar-refractivity contribution in [3.8, 4) is 0 Å². The number of imidazole rings is 1. The quantitative estimate of drug-likeness (QED) is 0.761. The maximum absolute atomic E-state index is 11.3. The van der Waals surface area contributed by atoms with Gasteiger partial charge in [-0.2, -0.15) is 0 Å². The molecule has 1 heterocycles. The molecule has 0 radical (unpaired) electrons. The number of hydrogen-bond acceptors (Lipinski definition) is 4. The molecule has 0 spiro atoms. The third-order valence-corrected chi connectivity index (χ3v) is 3.95. The first-order valence-electron chi connectivity index (χ1n) is 6.17. The van der Waals surface area contributed by atoms with Gasteiger partial charge in [0.15, 0.2) is 0 Å². The molecule has 1 aliphatic rings. The summed E-state index contributed by atoms with van der Waals surface area (Å²) in [6.07, 6.45) is 5.91. The van der Waals surface area contributed by atoms with E-state index in [-0.39, 0.29) is 0 Å². The van der Waals surface area contributed by atoms with E-state index >= 15 is 0 Å². The van der Waals surface area contributed by atoms with Gasteiger partial charge >= 0.3 is 0 Å². The molecule has 0 aliphatic heterocycles. The van der Waals surface area contributed by atoms with Gasteiger partial charge in [-0.3, -0.25) is 9.69 Å². The normalized spacial score (nSPS) is 27.9. The molecule has 2 unspecified atom stereocenters. The summed E-state index contributed by atoms with van der Waals surface area (Å²) in [5.74, 6) is 0.612. The molecular weight excluding hydrogens is 230 g/mol. The molecule has 1 aromatic heterocycles. The maximum Gasteiger partial charge on any atom is 0.237 e. The lowest BCUT2D eigenvalue weighted by atomic mass is 9.98. The van der Waals surface area contributed by atoms with E-state index in [1.807, 2.05) is 24.9 Å². The molecule has 18 heavy (non-hydrogen) atoms. The Kier molecular flexibility index (Phi) is 3.41. The molecule has 1 saturated carbocycles. The lowest BCUT2D eigenvalue weighted by Gasteiger charge is -2.25. The predicted molar refractivity (Wildman–Crippen MR) is 68.4 cm³/mol. The van der Waals surface area contributed by atoms with Crippen LogP contribution in [0.4, 0.5) is 0 Å². The van der Waals surface area contributed by atoms with E-state index in [4.69, 9.17) is 11.5 Å². The Morgan fingerprint density at radius 3 is 2.94 bits per heavy atom. The van der Waals surface area contributed by atoms with Crippen LogP contribution in [0.25, 0.3) is 0 Å². The number of nitrogens with two attached hydrogens (primary N) is 2. The van der Waals surface area contributed by atoms with Crippen LogP contribution in [0.3, 0.4) is 0 Å². The summed E-state index contributed by atoms with van der Waals surface area (Å²) in [4.78, 5) is 17.8. The number of hydrogen-bond donors (Lipinski definition) is 2. The molecule has 6 nitrogen and oxygen atoms in total. The Morgan fingerprint density at radius 2 is 2.44 bits per heavy atom. The Hall–Kier alpha value is -1.40. The zero-order chi connectivity index (χ0) is 13.3. The third kappa shape index (κ3) is 2.39. The van der Waals surface area contributed by atoms with Gasteiger partial charge in [0.25, 0.3) is 0 Å². The summed E-state index contributed by atoms with van der Waals surface area (Å²) in [5, 5.41) is 0. The Morgan fingerprint density at radius 1 is 1.72 bits per heavy atom. The SMILES string of the molecule is CN(Cc1nccn1C)C1CCC(N)(C(N)=O)C1. The molecule has 0 saturated heterocycles. The second-order valence-corrected chi connectivity index (χ2v) is 5.29.